The molecule has 0 aliphatic carbocycles. The van der Waals surface area contributed by atoms with Crippen LogP contribution >= 0.6 is 12.4 Å². The van der Waals surface area contributed by atoms with Crippen LogP contribution in [0.3, 0.4) is 0 Å². The van der Waals surface area contributed by atoms with Gasteiger partial charge in [-0.25, -0.2) is 4.98 Å². The summed E-state index contributed by atoms with van der Waals surface area (Å²) in [5.41, 5.74) is 7.76. The molecule has 1 saturated heterocycles. The van der Waals surface area contributed by atoms with E-state index in [1.807, 2.05) is 24.5 Å². The lowest BCUT2D eigenvalue weighted by Crippen LogP contribution is -2.19. The summed E-state index contributed by atoms with van der Waals surface area (Å²) in [6.07, 6.45) is 4.86. The summed E-state index contributed by atoms with van der Waals surface area (Å²) in [6, 6.07) is 8.07. The first-order valence-electron chi connectivity index (χ1n) is 5.93. The fourth-order valence-corrected chi connectivity index (χ4v) is 2.40. The van der Waals surface area contributed by atoms with Crippen LogP contribution in [0.15, 0.2) is 36.7 Å². The van der Waals surface area contributed by atoms with Gasteiger partial charge in [0.15, 0.2) is 0 Å². The summed E-state index contributed by atoms with van der Waals surface area (Å²) in [7, 11) is 0. The lowest BCUT2D eigenvalue weighted by atomic mass is 10.1. The Labute approximate surface area is 113 Å². The van der Waals surface area contributed by atoms with Crippen LogP contribution in [0.1, 0.15) is 18.2 Å². The normalized spacial score (nSPS) is 18.7. The minimum Gasteiger partial charge on any atom is -0.399 e. The van der Waals surface area contributed by atoms with Gasteiger partial charge in [0.1, 0.15) is 5.82 Å². The SMILES string of the molecule is Cl.Nc1ccc(N2CCC(c3ncc[nH]3)C2)cc1. The standard InChI is InChI=1S/C13H16N4.ClH/c14-11-1-3-12(4-2-11)17-8-5-10(9-17)13-15-6-7-16-13;/h1-4,6-7,10H,5,8-9,14H2,(H,15,16);1H. The summed E-state index contributed by atoms with van der Waals surface area (Å²) in [5.74, 6) is 1.62. The number of halogens is 1. The molecule has 0 saturated carbocycles. The maximum atomic E-state index is 5.70. The van der Waals surface area contributed by atoms with Crippen LogP contribution in [0, 0.1) is 0 Å². The van der Waals surface area contributed by atoms with E-state index < -0.39 is 0 Å². The highest BCUT2D eigenvalue weighted by Gasteiger charge is 2.25. The molecule has 4 nitrogen and oxygen atoms in total. The molecule has 2 heterocycles. The fraction of sp³-hybridized carbons (Fsp3) is 0.308. The van der Waals surface area contributed by atoms with Gasteiger partial charge in [-0.05, 0) is 30.7 Å². The van der Waals surface area contributed by atoms with Crippen molar-refractivity contribution in [3.05, 3.63) is 42.5 Å². The highest BCUT2D eigenvalue weighted by molar-refractivity contribution is 5.85. The lowest BCUT2D eigenvalue weighted by Gasteiger charge is -2.18. The van der Waals surface area contributed by atoms with E-state index in [1.54, 1.807) is 0 Å². The number of H-pyrrole nitrogens is 1. The summed E-state index contributed by atoms with van der Waals surface area (Å²) in [5, 5.41) is 0. The number of nitrogens with zero attached hydrogens (tertiary/aromatic N) is 2. The molecule has 2 aromatic rings. The van der Waals surface area contributed by atoms with Gasteiger partial charge in [-0.2, -0.15) is 0 Å². The monoisotopic (exact) mass is 264 g/mol. The third-order valence-electron chi connectivity index (χ3n) is 3.35. The molecule has 96 valence electrons. The highest BCUT2D eigenvalue weighted by atomic mass is 35.5. The minimum absolute atomic E-state index is 0. The molecule has 1 atom stereocenters. The van der Waals surface area contributed by atoms with E-state index in [2.05, 4.69) is 27.0 Å². The zero-order valence-electron chi connectivity index (χ0n) is 10.0. The van der Waals surface area contributed by atoms with Crippen LogP contribution in [-0.4, -0.2) is 23.1 Å². The van der Waals surface area contributed by atoms with E-state index in [9.17, 15) is 0 Å². The Hall–Kier alpha value is -1.68. The van der Waals surface area contributed by atoms with Crippen molar-refractivity contribution in [2.75, 3.05) is 23.7 Å². The second-order valence-corrected chi connectivity index (χ2v) is 4.50. The molecule has 0 amide bonds. The van der Waals surface area contributed by atoms with Crippen molar-refractivity contribution < 1.29 is 0 Å². The first kappa shape index (κ1) is 12.8. The van der Waals surface area contributed by atoms with E-state index >= 15 is 0 Å². The molecule has 5 heteroatoms. The number of rotatable bonds is 2. The first-order valence-corrected chi connectivity index (χ1v) is 5.93. The van der Waals surface area contributed by atoms with E-state index in [0.29, 0.717) is 5.92 Å². The third-order valence-corrected chi connectivity index (χ3v) is 3.35. The van der Waals surface area contributed by atoms with Gasteiger partial charge in [-0.15, -0.1) is 12.4 Å². The molecule has 1 aromatic carbocycles. The van der Waals surface area contributed by atoms with Crippen LogP contribution in [0.25, 0.3) is 0 Å². The van der Waals surface area contributed by atoms with E-state index in [4.69, 9.17) is 5.73 Å². The molecule has 1 aliphatic rings. The number of hydrogen-bond acceptors (Lipinski definition) is 3. The zero-order chi connectivity index (χ0) is 11.7. The summed E-state index contributed by atoms with van der Waals surface area (Å²) in [6.45, 7) is 2.10. The molecule has 3 N–H and O–H groups in total. The molecule has 1 fully saturated rings. The number of nitrogens with one attached hydrogen (secondary N) is 1. The topological polar surface area (TPSA) is 57.9 Å². The van der Waals surface area contributed by atoms with E-state index in [-0.39, 0.29) is 12.4 Å². The van der Waals surface area contributed by atoms with Gasteiger partial charge >= 0.3 is 0 Å². The zero-order valence-corrected chi connectivity index (χ0v) is 10.9. The number of anilines is 2. The van der Waals surface area contributed by atoms with Gasteiger partial charge in [-0.1, -0.05) is 0 Å². The molecule has 3 rings (SSSR count). The van der Waals surface area contributed by atoms with Crippen molar-refractivity contribution in [2.45, 2.75) is 12.3 Å². The predicted molar refractivity (Wildman–Crippen MR) is 76.3 cm³/mol. The predicted octanol–water partition coefficient (Wildman–Crippen LogP) is 2.41. The van der Waals surface area contributed by atoms with Crippen LogP contribution < -0.4 is 10.6 Å². The fourth-order valence-electron chi connectivity index (χ4n) is 2.40. The van der Waals surface area contributed by atoms with Gasteiger partial charge in [0.25, 0.3) is 0 Å². The molecule has 1 aliphatic heterocycles. The molecule has 0 bridgehead atoms. The quantitative estimate of drug-likeness (QED) is 0.819. The molecular weight excluding hydrogens is 248 g/mol. The molecule has 0 radical (unpaired) electrons. The molecule has 1 unspecified atom stereocenters. The Kier molecular flexibility index (Phi) is 3.77. The third kappa shape index (κ3) is 2.43. The number of aromatic amines is 1. The maximum Gasteiger partial charge on any atom is 0.110 e. The Bertz CT molecular complexity index is 480. The van der Waals surface area contributed by atoms with E-state index in [1.165, 1.54) is 5.69 Å². The molecule has 18 heavy (non-hydrogen) atoms. The van der Waals surface area contributed by atoms with Gasteiger partial charge in [0.2, 0.25) is 0 Å². The Morgan fingerprint density at radius 1 is 1.28 bits per heavy atom. The second kappa shape index (κ2) is 5.31. The van der Waals surface area contributed by atoms with Crippen LogP contribution in [0.2, 0.25) is 0 Å². The maximum absolute atomic E-state index is 5.70. The van der Waals surface area contributed by atoms with Gasteiger partial charge in [-0.3, -0.25) is 0 Å². The smallest absolute Gasteiger partial charge is 0.110 e. The summed E-state index contributed by atoms with van der Waals surface area (Å²) >= 11 is 0. The van der Waals surface area contributed by atoms with Crippen molar-refractivity contribution in [1.29, 1.82) is 0 Å². The molecule has 0 spiro atoms. The van der Waals surface area contributed by atoms with E-state index in [0.717, 1.165) is 31.0 Å². The average molecular weight is 265 g/mol. The lowest BCUT2D eigenvalue weighted by molar-refractivity contribution is 0.723. The first-order chi connectivity index (χ1) is 8.33. The number of nitrogens with two attached hydrogens (primary N) is 1. The van der Waals surface area contributed by atoms with Gasteiger partial charge in [0, 0.05) is 42.8 Å². The molecule has 1 aromatic heterocycles. The second-order valence-electron chi connectivity index (χ2n) is 4.50. The summed E-state index contributed by atoms with van der Waals surface area (Å²) in [4.78, 5) is 9.92. The van der Waals surface area contributed by atoms with Crippen molar-refractivity contribution in [2.24, 2.45) is 0 Å². The van der Waals surface area contributed by atoms with Gasteiger partial charge in [0.05, 0.1) is 0 Å². The number of aromatic nitrogens is 2. The number of hydrogen-bond donors (Lipinski definition) is 2. The Morgan fingerprint density at radius 3 is 2.72 bits per heavy atom. The van der Waals surface area contributed by atoms with Crippen LogP contribution in [0.5, 0.6) is 0 Å². The summed E-state index contributed by atoms with van der Waals surface area (Å²) < 4.78 is 0. The van der Waals surface area contributed by atoms with Crippen molar-refractivity contribution in [3.8, 4) is 0 Å². The number of benzene rings is 1. The number of nitrogen functional groups attached to an aromatic ring is 1. The molecular formula is C13H17ClN4. The Balaban J connectivity index is 0.00000120. The van der Waals surface area contributed by atoms with Crippen molar-refractivity contribution in [3.63, 3.8) is 0 Å². The highest BCUT2D eigenvalue weighted by Crippen LogP contribution is 2.29. The number of imidazole rings is 1. The Morgan fingerprint density at radius 2 is 2.06 bits per heavy atom. The average Bonchev–Trinajstić information content (AvgIpc) is 3.00. The van der Waals surface area contributed by atoms with Crippen LogP contribution in [0.4, 0.5) is 11.4 Å². The van der Waals surface area contributed by atoms with Gasteiger partial charge < -0.3 is 15.6 Å². The van der Waals surface area contributed by atoms with Crippen LogP contribution in [-0.2, 0) is 0 Å². The van der Waals surface area contributed by atoms with Crippen molar-refractivity contribution in [1.82, 2.24) is 9.97 Å². The minimum atomic E-state index is 0. The van der Waals surface area contributed by atoms with Crippen molar-refractivity contribution >= 4 is 23.8 Å². The largest absolute Gasteiger partial charge is 0.399 e.